The molecule has 0 bridgehead atoms. The third-order valence-electron chi connectivity index (χ3n) is 3.26. The Bertz CT molecular complexity index is 912. The summed E-state index contributed by atoms with van der Waals surface area (Å²) in [6.45, 7) is -0.0438. The Morgan fingerprint density at radius 1 is 1.12 bits per heavy atom. The zero-order valence-electron chi connectivity index (χ0n) is 12.6. The van der Waals surface area contributed by atoms with Gasteiger partial charge in [-0.25, -0.2) is 0 Å². The van der Waals surface area contributed by atoms with Gasteiger partial charge in [-0.3, -0.25) is 0 Å². The molecule has 0 aliphatic rings. The van der Waals surface area contributed by atoms with Crippen molar-refractivity contribution in [3.8, 4) is 23.2 Å². The van der Waals surface area contributed by atoms with Crippen LogP contribution in [-0.4, -0.2) is 10.1 Å². The van der Waals surface area contributed by atoms with Gasteiger partial charge in [0.05, 0.1) is 17.2 Å². The summed E-state index contributed by atoms with van der Waals surface area (Å²) in [4.78, 5) is 4.03. The fraction of sp³-hybridized carbons (Fsp3) is 0.118. The minimum absolute atomic E-state index is 0.0438. The van der Waals surface area contributed by atoms with Crippen LogP contribution >= 0.6 is 0 Å². The lowest BCUT2D eigenvalue weighted by molar-refractivity contribution is -0.137. The second-order valence-corrected chi connectivity index (χ2v) is 5.02. The smallest absolute Gasteiger partial charge is 0.416 e. The van der Waals surface area contributed by atoms with Crippen LogP contribution in [0.1, 0.15) is 17.0 Å². The van der Waals surface area contributed by atoms with Gasteiger partial charge in [0, 0.05) is 5.56 Å². The van der Waals surface area contributed by atoms with Crippen LogP contribution in [0.4, 0.5) is 13.2 Å². The van der Waals surface area contributed by atoms with Crippen molar-refractivity contribution < 1.29 is 22.4 Å². The Morgan fingerprint density at radius 3 is 2.56 bits per heavy atom. The van der Waals surface area contributed by atoms with Crippen molar-refractivity contribution in [3.05, 3.63) is 65.5 Å². The Labute approximate surface area is 140 Å². The molecule has 0 aliphatic heterocycles. The molecule has 0 aliphatic carbocycles. The van der Waals surface area contributed by atoms with Crippen LogP contribution < -0.4 is 4.74 Å². The van der Waals surface area contributed by atoms with Crippen molar-refractivity contribution in [1.82, 2.24) is 10.1 Å². The Morgan fingerprint density at radius 2 is 1.88 bits per heavy atom. The molecule has 0 saturated carbocycles. The van der Waals surface area contributed by atoms with Crippen molar-refractivity contribution in [1.29, 1.82) is 5.26 Å². The number of halogens is 3. The normalized spacial score (nSPS) is 11.1. The number of hydrogen-bond donors (Lipinski definition) is 0. The highest BCUT2D eigenvalue weighted by Gasteiger charge is 2.30. The average molecular weight is 345 g/mol. The Balaban J connectivity index is 1.71. The predicted molar refractivity (Wildman–Crippen MR) is 80.2 cm³/mol. The molecule has 0 N–H and O–H groups in total. The van der Waals surface area contributed by atoms with Crippen molar-refractivity contribution in [2.24, 2.45) is 0 Å². The average Bonchev–Trinajstić information content (AvgIpc) is 3.09. The molecule has 0 saturated heterocycles. The van der Waals surface area contributed by atoms with Crippen LogP contribution in [-0.2, 0) is 12.8 Å². The first-order chi connectivity index (χ1) is 12.0. The molecule has 5 nitrogen and oxygen atoms in total. The van der Waals surface area contributed by atoms with Gasteiger partial charge in [0.2, 0.25) is 5.82 Å². The zero-order valence-corrected chi connectivity index (χ0v) is 12.6. The fourth-order valence-corrected chi connectivity index (χ4v) is 2.04. The first-order valence-electron chi connectivity index (χ1n) is 7.09. The van der Waals surface area contributed by atoms with E-state index in [0.29, 0.717) is 11.3 Å². The maximum atomic E-state index is 12.7. The summed E-state index contributed by atoms with van der Waals surface area (Å²) in [7, 11) is 0. The molecule has 0 unspecified atom stereocenters. The molecule has 25 heavy (non-hydrogen) atoms. The first-order valence-corrected chi connectivity index (χ1v) is 7.09. The standard InChI is InChI=1S/C17H10F3N3O2/c18-17(19,20)13-3-1-2-12(8-13)16-22-15(25-23-16)10-24-14-6-4-11(9-21)5-7-14/h1-8H,10H2. The largest absolute Gasteiger partial charge is 0.484 e. The molecular formula is C17H10F3N3O2. The molecule has 126 valence electrons. The molecular weight excluding hydrogens is 335 g/mol. The lowest BCUT2D eigenvalue weighted by atomic mass is 10.1. The predicted octanol–water partition coefficient (Wildman–Crippen LogP) is 4.21. The molecule has 0 spiro atoms. The Kier molecular flexibility index (Phi) is 4.39. The molecule has 0 radical (unpaired) electrons. The number of nitrogens with zero attached hydrogens (tertiary/aromatic N) is 3. The van der Waals surface area contributed by atoms with Crippen LogP contribution in [0.2, 0.25) is 0 Å². The second kappa shape index (κ2) is 6.65. The SMILES string of the molecule is N#Cc1ccc(OCc2nc(-c3cccc(C(F)(F)F)c3)no2)cc1. The van der Waals surface area contributed by atoms with Gasteiger partial charge in [0.25, 0.3) is 5.89 Å². The molecule has 0 atom stereocenters. The fourth-order valence-electron chi connectivity index (χ4n) is 2.04. The van der Waals surface area contributed by atoms with E-state index in [1.165, 1.54) is 12.1 Å². The molecule has 1 aromatic heterocycles. The summed E-state index contributed by atoms with van der Waals surface area (Å²) in [5.41, 5.74) is -0.0923. The number of ether oxygens (including phenoxy) is 1. The van der Waals surface area contributed by atoms with E-state index in [9.17, 15) is 13.2 Å². The minimum Gasteiger partial charge on any atom is -0.484 e. The molecule has 8 heteroatoms. The monoisotopic (exact) mass is 345 g/mol. The second-order valence-electron chi connectivity index (χ2n) is 5.02. The van der Waals surface area contributed by atoms with E-state index in [0.717, 1.165) is 12.1 Å². The maximum Gasteiger partial charge on any atom is 0.416 e. The van der Waals surface area contributed by atoms with Gasteiger partial charge in [-0.2, -0.15) is 23.4 Å². The van der Waals surface area contributed by atoms with Crippen LogP contribution in [0, 0.1) is 11.3 Å². The number of rotatable bonds is 4. The van der Waals surface area contributed by atoms with Gasteiger partial charge in [0.1, 0.15) is 5.75 Å². The lowest BCUT2D eigenvalue weighted by Crippen LogP contribution is -2.04. The van der Waals surface area contributed by atoms with Crippen LogP contribution in [0.25, 0.3) is 11.4 Å². The summed E-state index contributed by atoms with van der Waals surface area (Å²) in [5.74, 6) is 0.666. The van der Waals surface area contributed by atoms with Crippen LogP contribution in [0.5, 0.6) is 5.75 Å². The van der Waals surface area contributed by atoms with Gasteiger partial charge in [-0.15, -0.1) is 0 Å². The number of hydrogen-bond acceptors (Lipinski definition) is 5. The molecule has 2 aromatic carbocycles. The lowest BCUT2D eigenvalue weighted by Gasteiger charge is -2.06. The van der Waals surface area contributed by atoms with Crippen LogP contribution in [0.3, 0.4) is 0 Å². The summed E-state index contributed by atoms with van der Waals surface area (Å²) in [6.07, 6.45) is -4.44. The van der Waals surface area contributed by atoms with Crippen molar-refractivity contribution >= 4 is 0 Å². The van der Waals surface area contributed by atoms with Crippen molar-refractivity contribution in [3.63, 3.8) is 0 Å². The number of benzene rings is 2. The van der Waals surface area contributed by atoms with E-state index in [-0.39, 0.29) is 23.9 Å². The highest BCUT2D eigenvalue weighted by molar-refractivity contribution is 5.55. The highest BCUT2D eigenvalue weighted by Crippen LogP contribution is 2.31. The quantitative estimate of drug-likeness (QED) is 0.708. The summed E-state index contributed by atoms with van der Waals surface area (Å²) in [6, 6.07) is 13.1. The number of aromatic nitrogens is 2. The van der Waals surface area contributed by atoms with Gasteiger partial charge < -0.3 is 9.26 Å². The molecule has 0 fully saturated rings. The number of alkyl halides is 3. The zero-order chi connectivity index (χ0) is 17.9. The summed E-state index contributed by atoms with van der Waals surface area (Å²) >= 11 is 0. The van der Waals surface area contributed by atoms with Gasteiger partial charge in [0.15, 0.2) is 6.61 Å². The molecule has 1 heterocycles. The minimum atomic E-state index is -4.44. The third-order valence-corrected chi connectivity index (χ3v) is 3.26. The van der Waals surface area contributed by atoms with Gasteiger partial charge in [-0.1, -0.05) is 17.3 Å². The van der Waals surface area contributed by atoms with E-state index in [1.54, 1.807) is 24.3 Å². The highest BCUT2D eigenvalue weighted by atomic mass is 19.4. The van der Waals surface area contributed by atoms with Crippen molar-refractivity contribution in [2.45, 2.75) is 12.8 Å². The maximum absolute atomic E-state index is 12.7. The van der Waals surface area contributed by atoms with Gasteiger partial charge >= 0.3 is 6.18 Å². The first kappa shape index (κ1) is 16.5. The summed E-state index contributed by atoms with van der Waals surface area (Å²) in [5, 5.41) is 12.4. The van der Waals surface area contributed by atoms with E-state index < -0.39 is 11.7 Å². The summed E-state index contributed by atoms with van der Waals surface area (Å²) < 4.78 is 48.7. The molecule has 3 rings (SSSR count). The third kappa shape index (κ3) is 3.95. The van der Waals surface area contributed by atoms with Crippen molar-refractivity contribution in [2.75, 3.05) is 0 Å². The van der Waals surface area contributed by atoms with E-state index in [2.05, 4.69) is 10.1 Å². The molecule has 3 aromatic rings. The van der Waals surface area contributed by atoms with E-state index in [4.69, 9.17) is 14.5 Å². The number of nitriles is 1. The Hall–Kier alpha value is -3.34. The van der Waals surface area contributed by atoms with E-state index >= 15 is 0 Å². The molecule has 0 amide bonds. The van der Waals surface area contributed by atoms with E-state index in [1.807, 2.05) is 6.07 Å². The van der Waals surface area contributed by atoms with Crippen LogP contribution in [0.15, 0.2) is 53.1 Å². The van der Waals surface area contributed by atoms with Gasteiger partial charge in [-0.05, 0) is 36.4 Å². The topological polar surface area (TPSA) is 71.9 Å².